The Kier molecular flexibility index (Phi) is 4.19. The standard InChI is InChI=1S/C8H10O4/c1-5(9)7(11)3-4-8(12)6(2)10/h7-8,11-12H,1-2H3/t7-,8-/m1/s1. The summed E-state index contributed by atoms with van der Waals surface area (Å²) in [7, 11) is 0. The molecule has 0 aromatic heterocycles. The van der Waals surface area contributed by atoms with E-state index in [2.05, 4.69) is 0 Å². The Labute approximate surface area is 70.2 Å². The molecule has 66 valence electrons. The van der Waals surface area contributed by atoms with Crippen LogP contribution in [-0.2, 0) is 9.59 Å². The maximum absolute atomic E-state index is 10.4. The number of carbonyl (C=O) groups is 2. The van der Waals surface area contributed by atoms with Crippen molar-refractivity contribution in [3.63, 3.8) is 0 Å². The van der Waals surface area contributed by atoms with Gasteiger partial charge in [-0.1, -0.05) is 11.8 Å². The fraction of sp³-hybridized carbons (Fsp3) is 0.500. The van der Waals surface area contributed by atoms with E-state index in [9.17, 15) is 9.59 Å². The molecule has 0 bridgehead atoms. The first-order valence-electron chi connectivity index (χ1n) is 3.33. The lowest BCUT2D eigenvalue weighted by molar-refractivity contribution is -0.123. The summed E-state index contributed by atoms with van der Waals surface area (Å²) in [6.45, 7) is 2.33. The number of aliphatic hydroxyl groups is 2. The highest BCUT2D eigenvalue weighted by molar-refractivity contribution is 5.85. The molecule has 0 aliphatic heterocycles. The van der Waals surface area contributed by atoms with Crippen LogP contribution in [-0.4, -0.2) is 34.0 Å². The largest absolute Gasteiger partial charge is 0.373 e. The van der Waals surface area contributed by atoms with Crippen molar-refractivity contribution in [2.45, 2.75) is 26.1 Å². The summed E-state index contributed by atoms with van der Waals surface area (Å²) in [5, 5.41) is 17.6. The number of carbonyl (C=O) groups excluding carboxylic acids is 2. The molecule has 0 fully saturated rings. The molecule has 0 heterocycles. The fourth-order valence-corrected chi connectivity index (χ4v) is 0.361. The second kappa shape index (κ2) is 4.65. The van der Waals surface area contributed by atoms with Crippen LogP contribution in [0.5, 0.6) is 0 Å². The second-order valence-corrected chi connectivity index (χ2v) is 2.32. The van der Waals surface area contributed by atoms with Gasteiger partial charge in [-0.15, -0.1) is 0 Å². The predicted molar refractivity (Wildman–Crippen MR) is 41.2 cm³/mol. The summed E-state index contributed by atoms with van der Waals surface area (Å²) >= 11 is 0. The molecule has 4 nitrogen and oxygen atoms in total. The van der Waals surface area contributed by atoms with E-state index in [0.717, 1.165) is 0 Å². The van der Waals surface area contributed by atoms with Crippen molar-refractivity contribution < 1.29 is 19.8 Å². The van der Waals surface area contributed by atoms with Crippen LogP contribution in [0.1, 0.15) is 13.8 Å². The second-order valence-electron chi connectivity index (χ2n) is 2.32. The maximum Gasteiger partial charge on any atom is 0.173 e. The van der Waals surface area contributed by atoms with Crippen LogP contribution in [0, 0.1) is 11.8 Å². The third-order valence-corrected chi connectivity index (χ3v) is 1.13. The number of hydrogen-bond donors (Lipinski definition) is 2. The van der Waals surface area contributed by atoms with E-state index in [-0.39, 0.29) is 0 Å². The summed E-state index contributed by atoms with van der Waals surface area (Å²) < 4.78 is 0. The van der Waals surface area contributed by atoms with Gasteiger partial charge in [-0.2, -0.15) is 0 Å². The Morgan fingerprint density at radius 3 is 1.42 bits per heavy atom. The van der Waals surface area contributed by atoms with Crippen molar-refractivity contribution in [1.82, 2.24) is 0 Å². The van der Waals surface area contributed by atoms with E-state index in [4.69, 9.17) is 10.2 Å². The van der Waals surface area contributed by atoms with Crippen LogP contribution in [0.3, 0.4) is 0 Å². The molecule has 0 radical (unpaired) electrons. The Hall–Kier alpha value is -1.18. The van der Waals surface area contributed by atoms with Gasteiger partial charge in [0.25, 0.3) is 0 Å². The maximum atomic E-state index is 10.4. The topological polar surface area (TPSA) is 74.6 Å². The van der Waals surface area contributed by atoms with E-state index in [1.54, 1.807) is 0 Å². The van der Waals surface area contributed by atoms with E-state index < -0.39 is 23.8 Å². The fourth-order valence-electron chi connectivity index (χ4n) is 0.361. The van der Waals surface area contributed by atoms with Gasteiger partial charge in [0.1, 0.15) is 0 Å². The smallest absolute Gasteiger partial charge is 0.173 e. The Balaban J connectivity index is 4.21. The predicted octanol–water partition coefficient (Wildman–Crippen LogP) is -1.11. The lowest BCUT2D eigenvalue weighted by Gasteiger charge is -1.96. The van der Waals surface area contributed by atoms with Crippen LogP contribution in [0.15, 0.2) is 0 Å². The molecule has 0 aliphatic carbocycles. The molecule has 0 rings (SSSR count). The van der Waals surface area contributed by atoms with Crippen LogP contribution >= 0.6 is 0 Å². The molecule has 2 N–H and O–H groups in total. The average molecular weight is 170 g/mol. The average Bonchev–Trinajstić information content (AvgIpc) is 1.98. The third kappa shape index (κ3) is 3.86. The van der Waals surface area contributed by atoms with Crippen molar-refractivity contribution in [3.8, 4) is 11.8 Å². The summed E-state index contributed by atoms with van der Waals surface area (Å²) in [5.74, 6) is 3.07. The van der Waals surface area contributed by atoms with E-state index >= 15 is 0 Å². The first-order valence-corrected chi connectivity index (χ1v) is 3.33. The van der Waals surface area contributed by atoms with Gasteiger partial charge >= 0.3 is 0 Å². The molecule has 0 unspecified atom stereocenters. The minimum Gasteiger partial charge on any atom is -0.373 e. The van der Waals surface area contributed by atoms with Gasteiger partial charge in [0, 0.05) is 0 Å². The number of aliphatic hydroxyl groups excluding tert-OH is 2. The normalized spacial score (nSPS) is 14.0. The molecular formula is C8H10O4. The van der Waals surface area contributed by atoms with Gasteiger partial charge in [-0.05, 0) is 13.8 Å². The van der Waals surface area contributed by atoms with Gasteiger partial charge in [0.15, 0.2) is 23.8 Å². The quantitative estimate of drug-likeness (QED) is 0.515. The third-order valence-electron chi connectivity index (χ3n) is 1.13. The van der Waals surface area contributed by atoms with Crippen LogP contribution in [0.25, 0.3) is 0 Å². The van der Waals surface area contributed by atoms with Crippen LogP contribution in [0.2, 0.25) is 0 Å². The molecule has 12 heavy (non-hydrogen) atoms. The molecular weight excluding hydrogens is 160 g/mol. The van der Waals surface area contributed by atoms with Gasteiger partial charge in [-0.3, -0.25) is 9.59 Å². The number of hydrogen-bond acceptors (Lipinski definition) is 4. The highest BCUT2D eigenvalue weighted by atomic mass is 16.3. The number of rotatable bonds is 2. The summed E-state index contributed by atoms with van der Waals surface area (Å²) in [6, 6.07) is 0. The molecule has 0 aromatic carbocycles. The minimum atomic E-state index is -1.42. The molecule has 0 spiro atoms. The van der Waals surface area contributed by atoms with Crippen molar-refractivity contribution in [1.29, 1.82) is 0 Å². The highest BCUT2D eigenvalue weighted by Crippen LogP contribution is 1.85. The summed E-state index contributed by atoms with van der Waals surface area (Å²) in [5.41, 5.74) is 0. The Bertz CT molecular complexity index is 222. The molecule has 0 aliphatic rings. The molecule has 4 heteroatoms. The number of ketones is 2. The van der Waals surface area contributed by atoms with Crippen LogP contribution in [0.4, 0.5) is 0 Å². The Morgan fingerprint density at radius 2 is 1.25 bits per heavy atom. The molecule has 0 aromatic rings. The van der Waals surface area contributed by atoms with Gasteiger partial charge in [0.2, 0.25) is 0 Å². The highest BCUT2D eigenvalue weighted by Gasteiger charge is 2.07. The van der Waals surface area contributed by atoms with Crippen molar-refractivity contribution in [2.24, 2.45) is 0 Å². The molecule has 0 saturated carbocycles. The monoisotopic (exact) mass is 170 g/mol. The first kappa shape index (κ1) is 10.8. The van der Waals surface area contributed by atoms with Crippen molar-refractivity contribution >= 4 is 11.6 Å². The van der Waals surface area contributed by atoms with Crippen molar-refractivity contribution in [3.05, 3.63) is 0 Å². The molecule has 0 saturated heterocycles. The molecule has 2 atom stereocenters. The SMILES string of the molecule is CC(=O)[C@H](O)C#C[C@@H](O)C(C)=O. The van der Waals surface area contributed by atoms with E-state index in [1.165, 1.54) is 13.8 Å². The number of Topliss-reactive ketones (excluding diaryl/α,β-unsaturated/α-hetero) is 2. The zero-order valence-corrected chi connectivity index (χ0v) is 6.87. The van der Waals surface area contributed by atoms with Gasteiger partial charge < -0.3 is 10.2 Å². The summed E-state index contributed by atoms with van der Waals surface area (Å²) in [4.78, 5) is 20.8. The zero-order valence-electron chi connectivity index (χ0n) is 6.87. The molecule has 0 amide bonds. The minimum absolute atomic E-state index is 0.516. The van der Waals surface area contributed by atoms with E-state index in [1.807, 2.05) is 11.8 Å². The summed E-state index contributed by atoms with van der Waals surface area (Å²) in [6.07, 6.45) is -2.84. The first-order chi connectivity index (χ1) is 5.45. The zero-order chi connectivity index (χ0) is 9.72. The lowest BCUT2D eigenvalue weighted by atomic mass is 10.2. The van der Waals surface area contributed by atoms with Gasteiger partial charge in [-0.25, -0.2) is 0 Å². The van der Waals surface area contributed by atoms with Crippen LogP contribution < -0.4 is 0 Å². The Morgan fingerprint density at radius 1 is 1.00 bits per heavy atom. The van der Waals surface area contributed by atoms with Crippen molar-refractivity contribution in [2.75, 3.05) is 0 Å². The van der Waals surface area contributed by atoms with E-state index in [0.29, 0.717) is 0 Å². The lowest BCUT2D eigenvalue weighted by Crippen LogP contribution is -2.18. The van der Waals surface area contributed by atoms with Gasteiger partial charge in [0.05, 0.1) is 0 Å².